The largest absolute Gasteiger partial charge is 0.456 e. The van der Waals surface area contributed by atoms with E-state index >= 15 is 0 Å². The van der Waals surface area contributed by atoms with Gasteiger partial charge in [-0.05, 0) is 97.1 Å². The molecule has 0 bridgehead atoms. The van der Waals surface area contributed by atoms with Gasteiger partial charge in [-0.3, -0.25) is 0 Å². The fourth-order valence-electron chi connectivity index (χ4n) is 11.6. The normalized spacial score (nSPS) is 12.6. The van der Waals surface area contributed by atoms with Gasteiger partial charge in [-0.1, -0.05) is 146 Å². The zero-order valence-corrected chi connectivity index (χ0v) is 37.3. The van der Waals surface area contributed by atoms with Gasteiger partial charge in [-0.2, -0.15) is 0 Å². The van der Waals surface area contributed by atoms with Crippen LogP contribution in [0.3, 0.4) is 0 Å². The van der Waals surface area contributed by atoms with Crippen molar-refractivity contribution in [2.45, 2.75) is 0 Å². The Morgan fingerprint density at radius 3 is 1.04 bits per heavy atom. The van der Waals surface area contributed by atoms with E-state index in [4.69, 9.17) is 4.42 Å². The lowest BCUT2D eigenvalue weighted by atomic mass is 9.98. The van der Waals surface area contributed by atoms with Crippen molar-refractivity contribution in [3.8, 4) is 56.1 Å². The Hall–Kier alpha value is -9.32. The van der Waals surface area contributed by atoms with E-state index in [1.807, 2.05) is 0 Å². The minimum absolute atomic E-state index is 0.847. The number of anilines is 6. The first-order chi connectivity index (χ1) is 34.3. The molecule has 5 heterocycles. The summed E-state index contributed by atoms with van der Waals surface area (Å²) < 4.78 is 11.6. The fraction of sp³-hybridized carbons (Fsp3) is 0. The van der Waals surface area contributed by atoms with Crippen LogP contribution in [-0.2, 0) is 0 Å². The van der Waals surface area contributed by atoms with Crippen LogP contribution in [0.4, 0.5) is 34.1 Å². The summed E-state index contributed by atoms with van der Waals surface area (Å²) in [7, 11) is 0. The predicted octanol–water partition coefficient (Wildman–Crippen LogP) is 17.7. The van der Waals surface area contributed by atoms with Crippen molar-refractivity contribution in [1.82, 2.24) is 9.13 Å². The fourth-order valence-corrected chi connectivity index (χ4v) is 11.6. The first-order valence-electron chi connectivity index (χ1n) is 23.6. The quantitative estimate of drug-likeness (QED) is 0.176. The number of aromatic nitrogens is 2. The molecular weight excluding hydrogens is 841 g/mol. The molecule has 10 aromatic carbocycles. The third-order valence-corrected chi connectivity index (χ3v) is 14.4. The molecule has 5 nitrogen and oxygen atoms in total. The van der Waals surface area contributed by atoms with Crippen LogP contribution >= 0.6 is 0 Å². The van der Waals surface area contributed by atoms with Crippen LogP contribution in [0.1, 0.15) is 0 Å². The number of benzene rings is 10. The molecule has 3 aromatic heterocycles. The number of hydrogen-bond donors (Lipinski definition) is 0. The Bertz CT molecular complexity index is 3940. The van der Waals surface area contributed by atoms with E-state index in [1.54, 1.807) is 0 Å². The van der Waals surface area contributed by atoms with E-state index < -0.39 is 0 Å². The van der Waals surface area contributed by atoms with E-state index in [2.05, 4.69) is 262 Å². The van der Waals surface area contributed by atoms with Gasteiger partial charge in [0.2, 0.25) is 0 Å². The summed E-state index contributed by atoms with van der Waals surface area (Å²) in [6.45, 7) is 0. The zero-order valence-electron chi connectivity index (χ0n) is 37.3. The van der Waals surface area contributed by atoms with Gasteiger partial charge in [0.05, 0.1) is 45.2 Å². The molecule has 0 aliphatic carbocycles. The minimum atomic E-state index is 0.847. The lowest BCUT2D eigenvalue weighted by Gasteiger charge is -2.28. The molecule has 322 valence electrons. The van der Waals surface area contributed by atoms with Crippen molar-refractivity contribution in [2.24, 2.45) is 0 Å². The van der Waals surface area contributed by atoms with E-state index in [1.165, 1.54) is 55.4 Å². The standard InChI is InChI=1S/C64H40N4O/c1-3-19-41(20-4-1)67-55-31-15-9-25-47(55)61-45-23-7-13-29-53(45)65(57-33-17-11-27-49(57)63(61)67)43-35-37-59-51(39-43)52-40-44(36-38-60(52)69-59)66-54-30-14-8-24-46(54)62-48-26-10-16-32-56(48)68(42-21-5-2-6-22-42)64(62)50-28-12-18-34-58(50)66/h1-40H. The Labute approximate surface area is 398 Å². The SMILES string of the molecule is c1ccc(-n2c3c(c4ccccc42)-c2ccccc2N(c2ccc4oc5ccc(N6c7ccccc7-c7c(n(-c8ccccc8)c8ccccc78)-c7ccccc76)cc5c4c2)c2ccccc2-3)cc1. The third kappa shape index (κ3) is 5.41. The lowest BCUT2D eigenvalue weighted by Crippen LogP contribution is -2.11. The summed E-state index contributed by atoms with van der Waals surface area (Å²) in [6, 6.07) is 88.0. The Balaban J connectivity index is 0.944. The van der Waals surface area contributed by atoms with Gasteiger partial charge in [-0.15, -0.1) is 0 Å². The van der Waals surface area contributed by atoms with E-state index in [0.717, 1.165) is 78.6 Å². The van der Waals surface area contributed by atoms with E-state index in [9.17, 15) is 0 Å². The molecule has 0 fully saturated rings. The smallest absolute Gasteiger partial charge is 0.135 e. The highest BCUT2D eigenvalue weighted by Crippen LogP contribution is 2.57. The molecule has 0 atom stereocenters. The molecule has 13 aromatic rings. The van der Waals surface area contributed by atoms with Crippen LogP contribution in [0.25, 0.3) is 99.9 Å². The van der Waals surface area contributed by atoms with Crippen molar-refractivity contribution >= 4 is 77.9 Å². The molecule has 0 unspecified atom stereocenters. The third-order valence-electron chi connectivity index (χ3n) is 14.4. The minimum Gasteiger partial charge on any atom is -0.456 e. The average Bonchev–Trinajstić information content (AvgIpc) is 4.02. The second-order valence-electron chi connectivity index (χ2n) is 18.0. The molecule has 5 heteroatoms. The molecule has 0 radical (unpaired) electrons. The second-order valence-corrected chi connectivity index (χ2v) is 18.0. The molecule has 0 saturated heterocycles. The number of hydrogen-bond acceptors (Lipinski definition) is 3. The van der Waals surface area contributed by atoms with Gasteiger partial charge in [0.15, 0.2) is 0 Å². The van der Waals surface area contributed by atoms with Gasteiger partial charge in [0.1, 0.15) is 11.2 Å². The van der Waals surface area contributed by atoms with Gasteiger partial charge in [0, 0.05) is 77.7 Å². The predicted molar refractivity (Wildman–Crippen MR) is 286 cm³/mol. The van der Waals surface area contributed by atoms with Crippen molar-refractivity contribution < 1.29 is 4.42 Å². The van der Waals surface area contributed by atoms with Crippen LogP contribution in [0.5, 0.6) is 0 Å². The zero-order chi connectivity index (χ0) is 45.2. The molecule has 0 amide bonds. The molecule has 2 aliphatic heterocycles. The maximum Gasteiger partial charge on any atom is 0.135 e. The monoisotopic (exact) mass is 880 g/mol. The van der Waals surface area contributed by atoms with Gasteiger partial charge in [0.25, 0.3) is 0 Å². The summed E-state index contributed by atoms with van der Waals surface area (Å²) in [5.74, 6) is 0. The van der Waals surface area contributed by atoms with Crippen LogP contribution in [0.15, 0.2) is 247 Å². The van der Waals surface area contributed by atoms with Crippen molar-refractivity contribution in [3.63, 3.8) is 0 Å². The molecule has 2 aliphatic rings. The van der Waals surface area contributed by atoms with Gasteiger partial charge in [-0.25, -0.2) is 0 Å². The summed E-state index contributed by atoms with van der Waals surface area (Å²) in [5, 5.41) is 4.56. The second kappa shape index (κ2) is 14.6. The number of nitrogens with zero attached hydrogens (tertiary/aromatic N) is 4. The summed E-state index contributed by atoms with van der Waals surface area (Å²) >= 11 is 0. The van der Waals surface area contributed by atoms with Crippen LogP contribution < -0.4 is 9.80 Å². The topological polar surface area (TPSA) is 29.5 Å². The maximum atomic E-state index is 6.72. The van der Waals surface area contributed by atoms with Crippen LogP contribution in [0.2, 0.25) is 0 Å². The molecule has 15 rings (SSSR count). The Morgan fingerprint density at radius 1 is 0.261 bits per heavy atom. The molecule has 0 N–H and O–H groups in total. The van der Waals surface area contributed by atoms with Gasteiger partial charge < -0.3 is 23.4 Å². The molecular formula is C64H40N4O. The van der Waals surface area contributed by atoms with Crippen molar-refractivity contribution in [3.05, 3.63) is 243 Å². The highest BCUT2D eigenvalue weighted by Gasteiger charge is 2.33. The first-order valence-corrected chi connectivity index (χ1v) is 23.6. The Morgan fingerprint density at radius 2 is 0.609 bits per heavy atom. The summed E-state index contributed by atoms with van der Waals surface area (Å²) in [5.41, 5.74) is 22.4. The highest BCUT2D eigenvalue weighted by atomic mass is 16.3. The first kappa shape index (κ1) is 37.9. The molecule has 69 heavy (non-hydrogen) atoms. The van der Waals surface area contributed by atoms with Crippen molar-refractivity contribution in [1.29, 1.82) is 0 Å². The van der Waals surface area contributed by atoms with Crippen LogP contribution in [-0.4, -0.2) is 9.13 Å². The maximum absolute atomic E-state index is 6.72. The van der Waals surface area contributed by atoms with Crippen molar-refractivity contribution in [2.75, 3.05) is 9.80 Å². The summed E-state index contributed by atoms with van der Waals surface area (Å²) in [6.07, 6.45) is 0. The van der Waals surface area contributed by atoms with Crippen LogP contribution in [0, 0.1) is 0 Å². The number of para-hydroxylation sites is 8. The lowest BCUT2D eigenvalue weighted by molar-refractivity contribution is 0.669. The molecule has 0 saturated carbocycles. The summed E-state index contributed by atoms with van der Waals surface area (Å²) in [4.78, 5) is 4.89. The van der Waals surface area contributed by atoms with E-state index in [-0.39, 0.29) is 0 Å². The Kier molecular flexibility index (Phi) is 8.00. The average molecular weight is 881 g/mol. The highest BCUT2D eigenvalue weighted by molar-refractivity contribution is 6.16. The van der Waals surface area contributed by atoms with Gasteiger partial charge >= 0.3 is 0 Å². The van der Waals surface area contributed by atoms with E-state index in [0.29, 0.717) is 0 Å². The number of furan rings is 1. The molecule has 0 spiro atoms. The number of fused-ring (bicyclic) bond motifs is 17. The number of rotatable bonds is 4.